The number of aromatic nitrogens is 1. The molecule has 0 unspecified atom stereocenters. The monoisotopic (exact) mass is 396 g/mol. The van der Waals surface area contributed by atoms with Crippen molar-refractivity contribution in [2.24, 2.45) is 0 Å². The van der Waals surface area contributed by atoms with Gasteiger partial charge in [-0.1, -0.05) is 17.7 Å². The van der Waals surface area contributed by atoms with E-state index >= 15 is 0 Å². The van der Waals surface area contributed by atoms with Gasteiger partial charge in [-0.05, 0) is 49.7 Å². The standard InChI is InChI=1S/C20H20N4O3S/c1-12-4-6-14(7-5-12)22-19(26)24-20-23-16(11-28-20)18(25)21-15-8-9-17(27-3)13(2)10-15/h4-11H,1-3H3,(H,21,25)(H2,22,23,24,26). The first-order valence-electron chi connectivity index (χ1n) is 8.51. The number of amides is 3. The molecule has 3 N–H and O–H groups in total. The van der Waals surface area contributed by atoms with Crippen molar-refractivity contribution in [2.45, 2.75) is 13.8 Å². The summed E-state index contributed by atoms with van der Waals surface area (Å²) in [5, 5.41) is 10.1. The van der Waals surface area contributed by atoms with E-state index in [2.05, 4.69) is 20.9 Å². The highest BCUT2D eigenvalue weighted by Crippen LogP contribution is 2.22. The van der Waals surface area contributed by atoms with Crippen LogP contribution in [0.4, 0.5) is 21.3 Å². The SMILES string of the molecule is COc1ccc(NC(=O)c2csc(NC(=O)Nc3ccc(C)cc3)n2)cc1C. The van der Waals surface area contributed by atoms with E-state index in [0.29, 0.717) is 16.5 Å². The third kappa shape index (κ3) is 4.86. The largest absolute Gasteiger partial charge is 0.496 e. The Hall–Kier alpha value is -3.39. The van der Waals surface area contributed by atoms with Crippen molar-refractivity contribution in [3.05, 3.63) is 64.7 Å². The fraction of sp³-hybridized carbons (Fsp3) is 0.150. The second-order valence-corrected chi connectivity index (χ2v) is 6.98. The molecule has 8 heteroatoms. The molecular formula is C20H20N4O3S. The highest BCUT2D eigenvalue weighted by molar-refractivity contribution is 7.14. The second kappa shape index (κ2) is 8.53. The van der Waals surface area contributed by atoms with Gasteiger partial charge in [-0.3, -0.25) is 10.1 Å². The van der Waals surface area contributed by atoms with Gasteiger partial charge in [0.25, 0.3) is 5.91 Å². The maximum Gasteiger partial charge on any atom is 0.325 e. The summed E-state index contributed by atoms with van der Waals surface area (Å²) in [4.78, 5) is 28.6. The van der Waals surface area contributed by atoms with E-state index < -0.39 is 6.03 Å². The number of hydrogen-bond donors (Lipinski definition) is 3. The molecule has 0 aliphatic carbocycles. The van der Waals surface area contributed by atoms with Crippen LogP contribution in [0.25, 0.3) is 0 Å². The fourth-order valence-corrected chi connectivity index (χ4v) is 3.17. The summed E-state index contributed by atoms with van der Waals surface area (Å²) in [6.45, 7) is 3.87. The Morgan fingerprint density at radius 2 is 1.68 bits per heavy atom. The number of urea groups is 1. The third-order valence-electron chi connectivity index (χ3n) is 3.92. The Morgan fingerprint density at radius 1 is 0.964 bits per heavy atom. The number of aryl methyl sites for hydroxylation is 2. The van der Waals surface area contributed by atoms with Crippen molar-refractivity contribution in [1.82, 2.24) is 4.98 Å². The molecule has 0 radical (unpaired) electrons. The molecule has 3 rings (SSSR count). The summed E-state index contributed by atoms with van der Waals surface area (Å²) >= 11 is 1.18. The molecule has 0 fully saturated rings. The number of nitrogens with one attached hydrogen (secondary N) is 3. The van der Waals surface area contributed by atoms with Gasteiger partial charge >= 0.3 is 6.03 Å². The normalized spacial score (nSPS) is 10.2. The molecular weight excluding hydrogens is 376 g/mol. The van der Waals surface area contributed by atoms with Crippen LogP contribution in [0.15, 0.2) is 47.8 Å². The fourth-order valence-electron chi connectivity index (χ4n) is 2.48. The summed E-state index contributed by atoms with van der Waals surface area (Å²) in [5.41, 5.74) is 3.56. The smallest absolute Gasteiger partial charge is 0.325 e. The molecule has 0 spiro atoms. The van der Waals surface area contributed by atoms with Gasteiger partial charge in [0, 0.05) is 16.8 Å². The number of carbonyl (C=O) groups is 2. The lowest BCUT2D eigenvalue weighted by molar-refractivity contribution is 0.102. The van der Waals surface area contributed by atoms with Crippen molar-refractivity contribution in [1.29, 1.82) is 0 Å². The summed E-state index contributed by atoms with van der Waals surface area (Å²) in [7, 11) is 1.60. The Kier molecular flexibility index (Phi) is 5.90. The highest BCUT2D eigenvalue weighted by Gasteiger charge is 2.13. The topological polar surface area (TPSA) is 92.4 Å². The molecule has 2 aromatic carbocycles. The molecule has 7 nitrogen and oxygen atoms in total. The van der Waals surface area contributed by atoms with Gasteiger partial charge in [0.1, 0.15) is 11.4 Å². The molecule has 0 atom stereocenters. The quantitative estimate of drug-likeness (QED) is 0.585. The molecule has 1 aromatic heterocycles. The zero-order valence-corrected chi connectivity index (χ0v) is 16.5. The minimum atomic E-state index is -0.420. The second-order valence-electron chi connectivity index (χ2n) is 6.12. The zero-order chi connectivity index (χ0) is 20.1. The first-order valence-corrected chi connectivity index (χ1v) is 9.39. The number of hydrogen-bond acceptors (Lipinski definition) is 5. The predicted molar refractivity (Wildman–Crippen MR) is 112 cm³/mol. The maximum atomic E-state index is 12.4. The van der Waals surface area contributed by atoms with Gasteiger partial charge in [0.15, 0.2) is 5.13 Å². The molecule has 3 aromatic rings. The average Bonchev–Trinajstić information content (AvgIpc) is 3.12. The van der Waals surface area contributed by atoms with E-state index in [1.807, 2.05) is 44.2 Å². The molecule has 0 saturated heterocycles. The van der Waals surface area contributed by atoms with E-state index in [4.69, 9.17) is 4.74 Å². The van der Waals surface area contributed by atoms with Crippen molar-refractivity contribution in [3.8, 4) is 5.75 Å². The average molecular weight is 396 g/mol. The first-order chi connectivity index (χ1) is 13.4. The van der Waals surface area contributed by atoms with Crippen LogP contribution in [-0.4, -0.2) is 24.0 Å². The minimum absolute atomic E-state index is 0.226. The van der Waals surface area contributed by atoms with E-state index in [1.165, 1.54) is 11.3 Å². The van der Waals surface area contributed by atoms with Crippen molar-refractivity contribution >= 4 is 39.8 Å². The number of anilines is 3. The van der Waals surface area contributed by atoms with E-state index in [1.54, 1.807) is 24.6 Å². The molecule has 144 valence electrons. The zero-order valence-electron chi connectivity index (χ0n) is 15.7. The van der Waals surface area contributed by atoms with E-state index in [0.717, 1.165) is 16.9 Å². The predicted octanol–water partition coefficient (Wildman–Crippen LogP) is 4.66. The molecule has 1 heterocycles. The summed E-state index contributed by atoms with van der Waals surface area (Å²) in [6.07, 6.45) is 0. The Morgan fingerprint density at radius 3 is 2.36 bits per heavy atom. The molecule has 0 bridgehead atoms. The van der Waals surface area contributed by atoms with Crippen LogP contribution in [0, 0.1) is 13.8 Å². The summed E-state index contributed by atoms with van der Waals surface area (Å²) in [5.74, 6) is 0.394. The van der Waals surface area contributed by atoms with E-state index in [9.17, 15) is 9.59 Å². The van der Waals surface area contributed by atoms with Crippen molar-refractivity contribution in [2.75, 3.05) is 23.1 Å². The summed E-state index contributed by atoms with van der Waals surface area (Å²) in [6, 6.07) is 12.4. The molecule has 28 heavy (non-hydrogen) atoms. The Balaban J connectivity index is 1.59. The number of ether oxygens (including phenoxy) is 1. The van der Waals surface area contributed by atoms with Crippen LogP contribution in [0.1, 0.15) is 21.6 Å². The van der Waals surface area contributed by atoms with Crippen LogP contribution in [0.5, 0.6) is 5.75 Å². The van der Waals surface area contributed by atoms with Gasteiger partial charge in [-0.15, -0.1) is 11.3 Å². The third-order valence-corrected chi connectivity index (χ3v) is 4.68. The van der Waals surface area contributed by atoms with Gasteiger partial charge in [-0.25, -0.2) is 9.78 Å². The number of benzene rings is 2. The van der Waals surface area contributed by atoms with Crippen molar-refractivity contribution in [3.63, 3.8) is 0 Å². The molecule has 0 saturated carbocycles. The van der Waals surface area contributed by atoms with Crippen molar-refractivity contribution < 1.29 is 14.3 Å². The van der Waals surface area contributed by atoms with E-state index in [-0.39, 0.29) is 11.6 Å². The van der Waals surface area contributed by atoms with Gasteiger partial charge in [0.05, 0.1) is 7.11 Å². The lowest BCUT2D eigenvalue weighted by Gasteiger charge is -2.08. The minimum Gasteiger partial charge on any atom is -0.496 e. The van der Waals surface area contributed by atoms with Crippen LogP contribution in [0.2, 0.25) is 0 Å². The Labute approximate surface area is 166 Å². The number of methoxy groups -OCH3 is 1. The highest BCUT2D eigenvalue weighted by atomic mass is 32.1. The van der Waals surface area contributed by atoms with Crippen LogP contribution >= 0.6 is 11.3 Å². The molecule has 0 aliphatic heterocycles. The van der Waals surface area contributed by atoms with Crippen LogP contribution in [0.3, 0.4) is 0 Å². The molecule has 3 amide bonds. The van der Waals surface area contributed by atoms with Gasteiger partial charge in [-0.2, -0.15) is 0 Å². The van der Waals surface area contributed by atoms with Gasteiger partial charge < -0.3 is 15.4 Å². The summed E-state index contributed by atoms with van der Waals surface area (Å²) < 4.78 is 5.21. The van der Waals surface area contributed by atoms with Crippen LogP contribution in [-0.2, 0) is 0 Å². The Bertz CT molecular complexity index is 999. The lowest BCUT2D eigenvalue weighted by atomic mass is 10.2. The lowest BCUT2D eigenvalue weighted by Crippen LogP contribution is -2.19. The number of carbonyl (C=O) groups excluding carboxylic acids is 2. The van der Waals surface area contributed by atoms with Crippen LogP contribution < -0.4 is 20.7 Å². The first kappa shape index (κ1) is 19.4. The maximum absolute atomic E-state index is 12.4. The number of thiazole rings is 1. The van der Waals surface area contributed by atoms with Gasteiger partial charge in [0.2, 0.25) is 0 Å². The molecule has 0 aliphatic rings. The number of rotatable bonds is 5. The number of nitrogens with zero attached hydrogens (tertiary/aromatic N) is 1.